The maximum absolute atomic E-state index is 8.28. The maximum atomic E-state index is 8.28. The molecule has 2 nitrogen and oxygen atoms in total. The number of nitrogens with zero attached hydrogens (tertiary/aromatic N) is 2. The topological polar surface area (TPSA) is 44.6 Å². The molecular formula is C18H38Cl2N2Ru-4. The minimum atomic E-state index is -0.346. The van der Waals surface area contributed by atoms with Gasteiger partial charge >= 0.3 is 34.5 Å². The fourth-order valence-electron chi connectivity index (χ4n) is 0. The van der Waals surface area contributed by atoms with Crippen LogP contribution in [0.2, 0.25) is 0 Å². The molecule has 0 aromatic heterocycles. The van der Waals surface area contributed by atoms with Crippen molar-refractivity contribution in [1.29, 1.82) is 0 Å². The van der Waals surface area contributed by atoms with E-state index < -0.39 is 0 Å². The van der Waals surface area contributed by atoms with Crippen LogP contribution < -0.4 is 0 Å². The molecule has 5 heteroatoms. The van der Waals surface area contributed by atoms with Gasteiger partial charge in [0.15, 0.2) is 0 Å². The van der Waals surface area contributed by atoms with Crippen molar-refractivity contribution in [3.63, 3.8) is 0 Å². The zero-order valence-electron chi connectivity index (χ0n) is 17.2. The molecule has 0 aliphatic carbocycles. The van der Waals surface area contributed by atoms with E-state index in [4.69, 9.17) is 30.2 Å². The molecule has 0 aliphatic rings. The molecule has 0 spiro atoms. The first kappa shape index (κ1) is 34.8. The molecule has 0 aliphatic heterocycles. The molecular weight excluding hydrogens is 416 g/mol. The van der Waals surface area contributed by atoms with Crippen molar-refractivity contribution in [2.75, 3.05) is 0 Å². The van der Waals surface area contributed by atoms with Gasteiger partial charge in [-0.1, -0.05) is 41.5 Å². The Kier molecular flexibility index (Phi) is 34.1. The number of hydrogen-bond acceptors (Lipinski definition) is 0. The van der Waals surface area contributed by atoms with E-state index in [2.05, 4.69) is 41.5 Å². The number of halogens is 2. The SMILES string of the molecule is CC(C)(C)C=[N-].CC(C)(C)C=[N-].C[C-](C)C.C[C-](C)C.[Cl][Ru][Cl]. The average molecular weight is 454 g/mol. The summed E-state index contributed by atoms with van der Waals surface area (Å²) in [7, 11) is 9.71. The van der Waals surface area contributed by atoms with Gasteiger partial charge in [0.25, 0.3) is 0 Å². The van der Waals surface area contributed by atoms with Gasteiger partial charge in [-0.3, -0.25) is 0 Å². The summed E-state index contributed by atoms with van der Waals surface area (Å²) in [5.41, 5.74) is -0.0556. The Labute approximate surface area is 163 Å². The normalized spacial score (nSPS) is 9.91. The first-order valence-corrected chi connectivity index (χ1v) is 11.8. The first-order chi connectivity index (χ1) is 10.00. The molecule has 0 heterocycles. The molecule has 146 valence electrons. The molecule has 0 amide bonds. The van der Waals surface area contributed by atoms with Crippen molar-refractivity contribution in [1.82, 2.24) is 0 Å². The van der Waals surface area contributed by atoms with Gasteiger partial charge in [-0.2, -0.15) is 41.5 Å². The van der Waals surface area contributed by atoms with Gasteiger partial charge in [0.1, 0.15) is 0 Å². The predicted molar refractivity (Wildman–Crippen MR) is 110 cm³/mol. The molecule has 0 aromatic carbocycles. The molecule has 0 fully saturated rings. The van der Waals surface area contributed by atoms with E-state index in [1.54, 1.807) is 0 Å². The van der Waals surface area contributed by atoms with Crippen molar-refractivity contribution >= 4 is 31.8 Å². The third kappa shape index (κ3) is 222. The Morgan fingerprint density at radius 1 is 0.652 bits per heavy atom. The van der Waals surface area contributed by atoms with Gasteiger partial charge in [-0.15, -0.1) is 0 Å². The second-order valence-corrected chi connectivity index (χ2v) is 10.7. The van der Waals surface area contributed by atoms with Crippen LogP contribution in [0.5, 0.6) is 0 Å². The molecule has 0 N–H and O–H groups in total. The van der Waals surface area contributed by atoms with Crippen molar-refractivity contribution in [3.8, 4) is 0 Å². The molecule has 0 aromatic rings. The van der Waals surface area contributed by atoms with Crippen LogP contribution >= 0.6 is 19.4 Å². The van der Waals surface area contributed by atoms with Gasteiger partial charge in [0, 0.05) is 0 Å². The van der Waals surface area contributed by atoms with Crippen LogP contribution in [-0.2, 0) is 15.1 Å². The van der Waals surface area contributed by atoms with Crippen LogP contribution in [0.4, 0.5) is 0 Å². The van der Waals surface area contributed by atoms with Crippen LogP contribution in [0.15, 0.2) is 0 Å². The molecule has 0 unspecified atom stereocenters. The number of rotatable bonds is 0. The first-order valence-electron chi connectivity index (χ1n) is 7.36. The predicted octanol–water partition coefficient (Wildman–Crippen LogP) is 7.96. The summed E-state index contributed by atoms with van der Waals surface area (Å²) >= 11 is -0.346. The summed E-state index contributed by atoms with van der Waals surface area (Å²) < 4.78 is 0. The van der Waals surface area contributed by atoms with E-state index in [-0.39, 0.29) is 26.0 Å². The van der Waals surface area contributed by atoms with Gasteiger partial charge in [-0.25, -0.2) is 12.4 Å². The van der Waals surface area contributed by atoms with Crippen molar-refractivity contribution in [2.24, 2.45) is 10.8 Å². The quantitative estimate of drug-likeness (QED) is 0.202. The van der Waals surface area contributed by atoms with Crippen molar-refractivity contribution in [2.45, 2.75) is 83.1 Å². The molecule has 0 radical (unpaired) electrons. The summed E-state index contributed by atoms with van der Waals surface area (Å²) in [6.45, 7) is 24.1. The van der Waals surface area contributed by atoms with Gasteiger partial charge in [0.2, 0.25) is 0 Å². The number of hydrogen-bond donors (Lipinski definition) is 0. The molecule has 0 bridgehead atoms. The second-order valence-electron chi connectivity index (χ2n) is 8.04. The molecule has 0 saturated carbocycles. The van der Waals surface area contributed by atoms with E-state index in [0.717, 1.165) is 0 Å². The van der Waals surface area contributed by atoms with Crippen LogP contribution in [0.25, 0.3) is 10.8 Å². The van der Waals surface area contributed by atoms with Crippen molar-refractivity contribution in [3.05, 3.63) is 22.7 Å². The summed E-state index contributed by atoms with van der Waals surface area (Å²) in [4.78, 5) is 0. The Morgan fingerprint density at radius 3 is 0.696 bits per heavy atom. The van der Waals surface area contributed by atoms with E-state index in [1.807, 2.05) is 41.5 Å². The summed E-state index contributed by atoms with van der Waals surface area (Å²) in [6.07, 6.45) is 2.38. The molecule has 0 rings (SSSR count). The second kappa shape index (κ2) is 22.5. The van der Waals surface area contributed by atoms with Crippen LogP contribution in [0.1, 0.15) is 83.1 Å². The standard InChI is InChI=1S/2C5H10N.2C4H9.2ClH.Ru/c2*1-5(2,3)4-6;2*1-4(2)3;;;/h2*4H,1-3H3;2*1-3H3;2*1H;/q4*-1;;;+2/p-2. The van der Waals surface area contributed by atoms with Gasteiger partial charge in [0.05, 0.1) is 0 Å². The van der Waals surface area contributed by atoms with Gasteiger partial charge in [-0.05, 0) is 10.8 Å². The average Bonchev–Trinajstić information content (AvgIpc) is 2.27. The molecule has 23 heavy (non-hydrogen) atoms. The van der Waals surface area contributed by atoms with E-state index >= 15 is 0 Å². The van der Waals surface area contributed by atoms with E-state index in [9.17, 15) is 0 Å². The van der Waals surface area contributed by atoms with Gasteiger partial charge < -0.3 is 22.7 Å². The van der Waals surface area contributed by atoms with E-state index in [1.165, 1.54) is 24.3 Å². The monoisotopic (exact) mass is 454 g/mol. The summed E-state index contributed by atoms with van der Waals surface area (Å²) in [6, 6.07) is 0. The Morgan fingerprint density at radius 2 is 0.696 bits per heavy atom. The fraction of sp³-hybridized carbons (Fsp3) is 0.778. The fourth-order valence-corrected chi connectivity index (χ4v) is 0. The zero-order valence-corrected chi connectivity index (χ0v) is 20.4. The third-order valence-corrected chi connectivity index (χ3v) is 0.775. The minimum absolute atomic E-state index is 0.0278. The summed E-state index contributed by atoms with van der Waals surface area (Å²) in [5.74, 6) is 2.83. The Hall–Kier alpha value is 0.543. The zero-order chi connectivity index (χ0) is 20.3. The Bertz CT molecular complexity index is 201. The van der Waals surface area contributed by atoms with Crippen LogP contribution in [0, 0.1) is 22.7 Å². The molecule has 0 saturated heterocycles. The van der Waals surface area contributed by atoms with E-state index in [0.29, 0.717) is 0 Å². The molecule has 0 atom stereocenters. The van der Waals surface area contributed by atoms with Crippen molar-refractivity contribution < 1.29 is 15.1 Å². The van der Waals surface area contributed by atoms with Crippen LogP contribution in [0.3, 0.4) is 0 Å². The third-order valence-electron chi connectivity index (χ3n) is 0.775. The summed E-state index contributed by atoms with van der Waals surface area (Å²) in [5, 5.41) is 16.6. The van der Waals surface area contributed by atoms with Crippen LogP contribution in [-0.4, -0.2) is 12.4 Å². The Balaban J connectivity index is -0.0000000602.